The van der Waals surface area contributed by atoms with E-state index < -0.39 is 0 Å². The van der Waals surface area contributed by atoms with Gasteiger partial charge in [-0.3, -0.25) is 4.98 Å². The zero-order valence-electron chi connectivity index (χ0n) is 29.5. The third kappa shape index (κ3) is 5.27. The first-order valence-electron chi connectivity index (χ1n) is 17.9. The number of aromatic nitrogens is 3. The first-order valence-corrected chi connectivity index (χ1v) is 17.9. The van der Waals surface area contributed by atoms with E-state index in [-0.39, 0.29) is 0 Å². The summed E-state index contributed by atoms with van der Waals surface area (Å²) < 4.78 is 12.7. The molecule has 0 amide bonds. The number of hydrogen-bond donors (Lipinski definition) is 0. The van der Waals surface area contributed by atoms with Crippen LogP contribution in [0.2, 0.25) is 0 Å². The Bertz CT molecular complexity index is 2670. The lowest BCUT2D eigenvalue weighted by atomic mass is 9.97. The summed E-state index contributed by atoms with van der Waals surface area (Å²) in [5, 5.41) is 21.4. The van der Waals surface area contributed by atoms with Gasteiger partial charge in [0.15, 0.2) is 28.8 Å². The van der Waals surface area contributed by atoms with Crippen LogP contribution in [-0.4, -0.2) is 15.0 Å². The molecule has 10 rings (SSSR count). The predicted molar refractivity (Wildman–Crippen MR) is 215 cm³/mol. The van der Waals surface area contributed by atoms with E-state index in [2.05, 4.69) is 26.9 Å². The zero-order valence-corrected chi connectivity index (χ0v) is 29.5. The zero-order chi connectivity index (χ0) is 37.6. The second-order valence-corrected chi connectivity index (χ2v) is 13.1. The SMILES string of the molecule is N#Cc1cccc(-c2cc(-c3cccc(C#N)c3N3c4ccccc4Oc4ccccc43)nc(-c3cccnc3)n2)c1N1c2ccccc2Oc2ccccc21. The van der Waals surface area contributed by atoms with Crippen molar-refractivity contribution >= 4 is 34.1 Å². The number of nitriles is 2. The third-order valence-corrected chi connectivity index (χ3v) is 9.82. The van der Waals surface area contributed by atoms with Crippen LogP contribution in [0.3, 0.4) is 0 Å². The van der Waals surface area contributed by atoms with Crippen LogP contribution in [0.1, 0.15) is 11.1 Å². The Kier molecular flexibility index (Phi) is 7.69. The molecule has 56 heavy (non-hydrogen) atoms. The molecule has 0 N–H and O–H groups in total. The lowest BCUT2D eigenvalue weighted by Crippen LogP contribution is -2.18. The van der Waals surface area contributed by atoms with Gasteiger partial charge in [-0.2, -0.15) is 10.5 Å². The van der Waals surface area contributed by atoms with Gasteiger partial charge in [-0.15, -0.1) is 0 Å². The number of hydrogen-bond acceptors (Lipinski definition) is 9. The van der Waals surface area contributed by atoms with Crippen molar-refractivity contribution in [3.63, 3.8) is 0 Å². The summed E-state index contributed by atoms with van der Waals surface area (Å²) >= 11 is 0. The van der Waals surface area contributed by atoms with E-state index in [1.165, 1.54) is 0 Å². The van der Waals surface area contributed by atoms with Gasteiger partial charge in [-0.1, -0.05) is 72.8 Å². The molecule has 0 atom stereocenters. The Morgan fingerprint density at radius 2 is 0.893 bits per heavy atom. The van der Waals surface area contributed by atoms with Crippen LogP contribution in [0.15, 0.2) is 164 Å². The highest BCUT2D eigenvalue weighted by Gasteiger charge is 2.32. The summed E-state index contributed by atoms with van der Waals surface area (Å²) in [5.74, 6) is 3.07. The van der Waals surface area contributed by atoms with Crippen molar-refractivity contribution < 1.29 is 9.47 Å². The molecule has 0 saturated carbocycles. The van der Waals surface area contributed by atoms with Gasteiger partial charge in [0, 0.05) is 29.1 Å². The summed E-state index contributed by atoms with van der Waals surface area (Å²) in [4.78, 5) is 18.9. The van der Waals surface area contributed by atoms with Crippen molar-refractivity contribution in [2.75, 3.05) is 9.80 Å². The molecule has 0 unspecified atom stereocenters. The van der Waals surface area contributed by atoms with Crippen LogP contribution in [0.25, 0.3) is 33.9 Å². The maximum absolute atomic E-state index is 10.7. The summed E-state index contributed by atoms with van der Waals surface area (Å²) in [7, 11) is 0. The molecule has 9 heteroatoms. The fourth-order valence-corrected chi connectivity index (χ4v) is 7.40. The van der Waals surface area contributed by atoms with Gasteiger partial charge < -0.3 is 19.3 Å². The van der Waals surface area contributed by atoms with Crippen LogP contribution >= 0.6 is 0 Å². The fraction of sp³-hybridized carbons (Fsp3) is 0. The van der Waals surface area contributed by atoms with Gasteiger partial charge in [0.05, 0.1) is 56.6 Å². The molecule has 2 aliphatic heterocycles. The lowest BCUT2D eigenvalue weighted by molar-refractivity contribution is 0.477. The summed E-state index contributed by atoms with van der Waals surface area (Å²) in [6.45, 7) is 0. The normalized spacial score (nSPS) is 12.1. The van der Waals surface area contributed by atoms with Crippen molar-refractivity contribution in [3.05, 3.63) is 175 Å². The highest BCUT2D eigenvalue weighted by Crippen LogP contribution is 2.55. The Morgan fingerprint density at radius 1 is 0.464 bits per heavy atom. The van der Waals surface area contributed by atoms with Gasteiger partial charge in [-0.05, 0) is 78.9 Å². The summed E-state index contributed by atoms with van der Waals surface area (Å²) in [5.41, 5.74) is 8.55. The van der Waals surface area contributed by atoms with Gasteiger partial charge in [0.1, 0.15) is 12.1 Å². The van der Waals surface area contributed by atoms with Gasteiger partial charge in [-0.25, -0.2) is 9.97 Å². The van der Waals surface area contributed by atoms with E-state index in [1.807, 2.05) is 152 Å². The molecule has 0 aliphatic carbocycles. The molecule has 0 bridgehead atoms. The van der Waals surface area contributed by atoms with Crippen LogP contribution in [0.5, 0.6) is 23.0 Å². The lowest BCUT2D eigenvalue weighted by Gasteiger charge is -2.34. The average Bonchev–Trinajstić information content (AvgIpc) is 3.27. The first-order chi connectivity index (χ1) is 27.7. The molecule has 0 saturated heterocycles. The molecule has 0 spiro atoms. The molecule has 0 fully saturated rings. The van der Waals surface area contributed by atoms with Crippen LogP contribution in [-0.2, 0) is 0 Å². The molecular weight excluding hydrogens is 695 g/mol. The fourth-order valence-electron chi connectivity index (χ4n) is 7.40. The van der Waals surface area contributed by atoms with Crippen LogP contribution in [0.4, 0.5) is 34.1 Å². The Morgan fingerprint density at radius 3 is 1.29 bits per heavy atom. The van der Waals surface area contributed by atoms with Gasteiger partial charge >= 0.3 is 0 Å². The maximum atomic E-state index is 10.7. The van der Waals surface area contributed by atoms with Crippen molar-refractivity contribution in [1.82, 2.24) is 15.0 Å². The number of anilines is 6. The minimum atomic E-state index is 0.428. The minimum absolute atomic E-state index is 0.428. The Balaban J connectivity index is 1.25. The number of benzene rings is 6. The number of ether oxygens (including phenoxy) is 2. The second-order valence-electron chi connectivity index (χ2n) is 13.1. The smallest absolute Gasteiger partial charge is 0.161 e. The minimum Gasteiger partial charge on any atom is -0.453 e. The quantitative estimate of drug-likeness (QED) is 0.171. The Labute approximate surface area is 322 Å². The number of fused-ring (bicyclic) bond motifs is 4. The molecule has 8 aromatic rings. The molecule has 262 valence electrons. The summed E-state index contributed by atoms with van der Waals surface area (Å²) in [6, 6.07) is 53.0. The van der Waals surface area contributed by atoms with E-state index >= 15 is 0 Å². The number of pyridine rings is 1. The molecule has 0 radical (unpaired) electrons. The summed E-state index contributed by atoms with van der Waals surface area (Å²) in [6.07, 6.45) is 3.43. The number of rotatable bonds is 5. The highest BCUT2D eigenvalue weighted by molar-refractivity contribution is 5.98. The number of nitrogens with zero attached hydrogens (tertiary/aromatic N) is 7. The largest absolute Gasteiger partial charge is 0.453 e. The van der Waals surface area contributed by atoms with Crippen molar-refractivity contribution in [2.24, 2.45) is 0 Å². The Hall–Kier alpha value is -8.27. The molecule has 2 aromatic heterocycles. The van der Waals surface area contributed by atoms with Crippen LogP contribution in [0, 0.1) is 22.7 Å². The monoisotopic (exact) mass is 721 g/mol. The van der Waals surface area contributed by atoms with Crippen molar-refractivity contribution in [2.45, 2.75) is 0 Å². The third-order valence-electron chi connectivity index (χ3n) is 9.82. The second kappa shape index (κ2) is 13.3. The van der Waals surface area contributed by atoms with E-state index in [0.717, 1.165) is 22.7 Å². The van der Waals surface area contributed by atoms with Crippen molar-refractivity contribution in [1.29, 1.82) is 10.5 Å². The molecule has 9 nitrogen and oxygen atoms in total. The highest BCUT2D eigenvalue weighted by atomic mass is 16.5. The van der Waals surface area contributed by atoms with Crippen LogP contribution < -0.4 is 19.3 Å². The molecule has 6 aromatic carbocycles. The van der Waals surface area contributed by atoms with Crippen molar-refractivity contribution in [3.8, 4) is 69.0 Å². The average molecular weight is 722 g/mol. The molecular formula is C47H27N7O2. The molecule has 4 heterocycles. The molecule has 2 aliphatic rings. The van der Waals surface area contributed by atoms with Gasteiger partial charge in [0.25, 0.3) is 0 Å². The van der Waals surface area contributed by atoms with E-state index in [4.69, 9.17) is 19.4 Å². The van der Waals surface area contributed by atoms with E-state index in [1.54, 1.807) is 12.4 Å². The topological polar surface area (TPSA) is 111 Å². The van der Waals surface area contributed by atoms with Gasteiger partial charge in [0.2, 0.25) is 0 Å². The number of para-hydroxylation sites is 10. The maximum Gasteiger partial charge on any atom is 0.161 e. The standard InChI is InChI=1S/C47H27N7O2/c48-27-30-12-9-15-33(45(30)53-37-17-1-5-21-41(37)55-42-22-6-2-18-38(42)53)35-26-36(52-47(51-35)32-14-11-25-50-29-32)34-16-10-13-31(28-49)46(34)54-39-19-3-7-23-43(39)56-44-24-8-4-20-40(44)54/h1-26,29H. The first kappa shape index (κ1) is 32.4. The predicted octanol–water partition coefficient (Wildman–Crippen LogP) is 11.8. The van der Waals surface area contributed by atoms with E-state index in [9.17, 15) is 10.5 Å². The van der Waals surface area contributed by atoms with E-state index in [0.29, 0.717) is 79.4 Å².